The Morgan fingerprint density at radius 3 is 3.05 bits per heavy atom. The molecule has 3 rings (SSSR count). The first-order chi connectivity index (χ1) is 9.13. The Morgan fingerprint density at radius 1 is 1.42 bits per heavy atom. The van der Waals surface area contributed by atoms with E-state index in [1.165, 1.54) is 32.4 Å². The molecule has 2 aliphatic rings. The van der Waals surface area contributed by atoms with E-state index in [0.29, 0.717) is 17.1 Å². The largest absolute Gasteiger partial charge is 0.389 e. The second kappa shape index (κ2) is 5.06. The second-order valence-electron chi connectivity index (χ2n) is 5.53. The van der Waals surface area contributed by atoms with E-state index in [9.17, 15) is 0 Å². The number of fused-ring (bicyclic) bond motifs is 1. The molecule has 1 aromatic rings. The summed E-state index contributed by atoms with van der Waals surface area (Å²) in [6, 6.07) is 5.09. The summed E-state index contributed by atoms with van der Waals surface area (Å²) in [7, 11) is 0. The zero-order chi connectivity index (χ0) is 13.4. The van der Waals surface area contributed by atoms with Gasteiger partial charge in [-0.15, -0.1) is 0 Å². The quantitative estimate of drug-likeness (QED) is 0.823. The van der Waals surface area contributed by atoms with Gasteiger partial charge in [-0.3, -0.25) is 4.90 Å². The molecule has 2 fully saturated rings. The van der Waals surface area contributed by atoms with Crippen LogP contribution >= 0.6 is 12.2 Å². The average Bonchev–Trinajstić information content (AvgIpc) is 2.93. The van der Waals surface area contributed by atoms with Crippen LogP contribution in [0, 0.1) is 6.92 Å². The SMILES string of the molecule is Cc1cc(C(N)=S)cc(NC2CCN3CCCC23)n1. The minimum atomic E-state index is 0.433. The Kier molecular flexibility index (Phi) is 3.41. The minimum absolute atomic E-state index is 0.433. The van der Waals surface area contributed by atoms with Gasteiger partial charge in [0, 0.05) is 29.9 Å². The summed E-state index contributed by atoms with van der Waals surface area (Å²) in [6.45, 7) is 4.43. The van der Waals surface area contributed by atoms with Crippen LogP contribution in [-0.4, -0.2) is 40.0 Å². The summed E-state index contributed by atoms with van der Waals surface area (Å²) in [4.78, 5) is 7.57. The number of thiocarbonyl (C=S) groups is 1. The van der Waals surface area contributed by atoms with Crippen molar-refractivity contribution >= 4 is 23.0 Å². The predicted octanol–water partition coefficient (Wildman–Crippen LogP) is 1.67. The van der Waals surface area contributed by atoms with Gasteiger partial charge < -0.3 is 11.1 Å². The summed E-state index contributed by atoms with van der Waals surface area (Å²) in [6.07, 6.45) is 3.82. The van der Waals surface area contributed by atoms with E-state index in [4.69, 9.17) is 18.0 Å². The van der Waals surface area contributed by atoms with Crippen LogP contribution < -0.4 is 11.1 Å². The fourth-order valence-corrected chi connectivity index (χ4v) is 3.44. The molecule has 102 valence electrons. The molecule has 3 N–H and O–H groups in total. The van der Waals surface area contributed by atoms with Crippen LogP contribution in [0.1, 0.15) is 30.5 Å². The van der Waals surface area contributed by atoms with Crippen molar-refractivity contribution in [3.8, 4) is 0 Å². The number of nitrogens with two attached hydrogens (primary N) is 1. The molecular formula is C14H20N4S. The van der Waals surface area contributed by atoms with Crippen LogP contribution in [0.3, 0.4) is 0 Å². The van der Waals surface area contributed by atoms with Gasteiger partial charge in [0.05, 0.1) is 0 Å². The fraction of sp³-hybridized carbons (Fsp3) is 0.571. The first-order valence-electron chi connectivity index (χ1n) is 6.92. The van der Waals surface area contributed by atoms with Crippen molar-refractivity contribution < 1.29 is 0 Å². The van der Waals surface area contributed by atoms with Crippen molar-refractivity contribution in [2.75, 3.05) is 18.4 Å². The van der Waals surface area contributed by atoms with Crippen LogP contribution in [0.5, 0.6) is 0 Å². The van der Waals surface area contributed by atoms with E-state index in [-0.39, 0.29) is 0 Å². The average molecular weight is 276 g/mol. The summed E-state index contributed by atoms with van der Waals surface area (Å²) in [5.74, 6) is 0.904. The maximum atomic E-state index is 5.71. The Labute approximate surface area is 119 Å². The lowest BCUT2D eigenvalue weighted by Gasteiger charge is -2.22. The van der Waals surface area contributed by atoms with Gasteiger partial charge in [-0.05, 0) is 44.9 Å². The van der Waals surface area contributed by atoms with Gasteiger partial charge in [-0.2, -0.15) is 0 Å². The lowest BCUT2D eigenvalue weighted by Crippen LogP contribution is -2.34. The highest BCUT2D eigenvalue weighted by atomic mass is 32.1. The first-order valence-corrected chi connectivity index (χ1v) is 7.33. The van der Waals surface area contributed by atoms with Gasteiger partial charge in [-0.25, -0.2) is 4.98 Å². The molecule has 4 nitrogen and oxygen atoms in total. The summed E-state index contributed by atoms with van der Waals surface area (Å²) >= 11 is 5.05. The fourth-order valence-electron chi connectivity index (χ4n) is 3.33. The standard InChI is InChI=1S/C14H20N4S/c1-9-7-10(14(15)19)8-13(16-9)17-11-4-6-18-5-2-3-12(11)18/h7-8,11-12H,2-6H2,1H3,(H2,15,19)(H,16,17). The van der Waals surface area contributed by atoms with Gasteiger partial charge in [0.2, 0.25) is 0 Å². The Bertz CT molecular complexity index is 502. The van der Waals surface area contributed by atoms with Crippen molar-refractivity contribution in [3.63, 3.8) is 0 Å². The molecular weight excluding hydrogens is 256 g/mol. The summed E-state index contributed by atoms with van der Waals surface area (Å²) in [5, 5.41) is 3.58. The number of hydrogen-bond acceptors (Lipinski definition) is 4. The highest BCUT2D eigenvalue weighted by Crippen LogP contribution is 2.29. The number of hydrogen-bond donors (Lipinski definition) is 2. The van der Waals surface area contributed by atoms with E-state index >= 15 is 0 Å². The molecule has 0 amide bonds. The van der Waals surface area contributed by atoms with E-state index in [1.807, 2.05) is 19.1 Å². The Hall–Kier alpha value is -1.20. The lowest BCUT2D eigenvalue weighted by atomic mass is 10.1. The third-order valence-corrected chi connectivity index (χ3v) is 4.41. The van der Waals surface area contributed by atoms with Crippen LogP contribution in [-0.2, 0) is 0 Å². The number of anilines is 1. The number of rotatable bonds is 3. The zero-order valence-corrected chi connectivity index (χ0v) is 12.0. The van der Waals surface area contributed by atoms with Crippen molar-refractivity contribution in [2.45, 2.75) is 38.3 Å². The molecule has 2 saturated heterocycles. The number of nitrogens with zero attached hydrogens (tertiary/aromatic N) is 2. The molecule has 1 aromatic heterocycles. The number of aryl methyl sites for hydroxylation is 1. The Balaban J connectivity index is 1.78. The van der Waals surface area contributed by atoms with E-state index in [1.54, 1.807) is 0 Å². The van der Waals surface area contributed by atoms with E-state index in [2.05, 4.69) is 15.2 Å². The molecule has 0 spiro atoms. The molecule has 2 aliphatic heterocycles. The van der Waals surface area contributed by atoms with Gasteiger partial charge >= 0.3 is 0 Å². The number of pyridine rings is 1. The van der Waals surface area contributed by atoms with Gasteiger partial charge in [-0.1, -0.05) is 12.2 Å². The van der Waals surface area contributed by atoms with Crippen molar-refractivity contribution in [1.29, 1.82) is 0 Å². The molecule has 0 aromatic carbocycles. The molecule has 2 unspecified atom stereocenters. The zero-order valence-electron chi connectivity index (χ0n) is 11.2. The monoisotopic (exact) mass is 276 g/mol. The highest BCUT2D eigenvalue weighted by Gasteiger charge is 2.37. The van der Waals surface area contributed by atoms with Crippen molar-refractivity contribution in [3.05, 3.63) is 23.4 Å². The molecule has 3 heterocycles. The van der Waals surface area contributed by atoms with E-state index < -0.39 is 0 Å². The number of nitrogens with one attached hydrogen (secondary N) is 1. The number of aromatic nitrogens is 1. The van der Waals surface area contributed by atoms with Crippen molar-refractivity contribution in [1.82, 2.24) is 9.88 Å². The van der Waals surface area contributed by atoms with Gasteiger partial charge in [0.1, 0.15) is 10.8 Å². The predicted molar refractivity (Wildman–Crippen MR) is 81.5 cm³/mol. The summed E-state index contributed by atoms with van der Waals surface area (Å²) < 4.78 is 0. The van der Waals surface area contributed by atoms with Crippen LogP contribution in [0.4, 0.5) is 5.82 Å². The lowest BCUT2D eigenvalue weighted by molar-refractivity contribution is 0.318. The topological polar surface area (TPSA) is 54.2 Å². The molecule has 2 atom stereocenters. The van der Waals surface area contributed by atoms with Crippen LogP contribution in [0.25, 0.3) is 0 Å². The third kappa shape index (κ3) is 2.58. The molecule has 0 saturated carbocycles. The normalized spacial score (nSPS) is 26.4. The maximum absolute atomic E-state index is 5.71. The first kappa shape index (κ1) is 12.8. The van der Waals surface area contributed by atoms with Crippen molar-refractivity contribution in [2.24, 2.45) is 5.73 Å². The molecule has 5 heteroatoms. The summed E-state index contributed by atoms with van der Waals surface area (Å²) in [5.41, 5.74) is 7.56. The molecule has 0 radical (unpaired) electrons. The third-order valence-electron chi connectivity index (χ3n) is 4.18. The second-order valence-corrected chi connectivity index (χ2v) is 5.97. The smallest absolute Gasteiger partial charge is 0.127 e. The minimum Gasteiger partial charge on any atom is -0.389 e. The van der Waals surface area contributed by atoms with Gasteiger partial charge in [0.25, 0.3) is 0 Å². The van der Waals surface area contributed by atoms with Gasteiger partial charge in [0.15, 0.2) is 0 Å². The van der Waals surface area contributed by atoms with Crippen LogP contribution in [0.15, 0.2) is 12.1 Å². The van der Waals surface area contributed by atoms with E-state index in [0.717, 1.165) is 17.1 Å². The highest BCUT2D eigenvalue weighted by molar-refractivity contribution is 7.80. The molecule has 0 bridgehead atoms. The molecule has 0 aliphatic carbocycles. The van der Waals surface area contributed by atoms with Crippen LogP contribution in [0.2, 0.25) is 0 Å². The maximum Gasteiger partial charge on any atom is 0.127 e. The Morgan fingerprint density at radius 2 is 2.26 bits per heavy atom. The molecule has 19 heavy (non-hydrogen) atoms.